The molecule has 0 aliphatic heterocycles. The highest BCUT2D eigenvalue weighted by Gasteiger charge is 2.46. The maximum absolute atomic E-state index is 14.1. The maximum Gasteiger partial charge on any atom is 0.318 e. The summed E-state index contributed by atoms with van der Waals surface area (Å²) in [4.78, 5) is 14.3. The quantitative estimate of drug-likeness (QED) is 0.197. The van der Waals surface area contributed by atoms with E-state index < -0.39 is 30.4 Å². The topological polar surface area (TPSA) is 63.7 Å². The second-order valence-electron chi connectivity index (χ2n) is 10.5. The first-order valence-corrected chi connectivity index (χ1v) is 17.7. The lowest BCUT2D eigenvalue weighted by Crippen LogP contribution is -2.64. The summed E-state index contributed by atoms with van der Waals surface area (Å²) in [6, 6.07) is 26.3. The summed E-state index contributed by atoms with van der Waals surface area (Å²) < 4.78 is 35.2. The zero-order valence-electron chi connectivity index (χ0n) is 22.8. The average Bonchev–Trinajstić information content (AvgIpc) is 2.91. The standard InChI is InChI=1S/C30H38BrNO4SSi/c1-23(2)20-29(32(5)37(34,35)26-18-16-25(21-31)17-19-26)30(33)36-38(22-24(3)4,27-12-8-6-9-13-27)28-14-10-7-11-15-28/h6-19,23-24,29H,20-22H2,1-5H3/t29-/m0/s1. The van der Waals surface area contributed by atoms with Gasteiger partial charge in [-0.2, -0.15) is 4.31 Å². The number of halogens is 1. The predicted octanol–water partition coefficient (Wildman–Crippen LogP) is 5.58. The number of alkyl halides is 1. The van der Waals surface area contributed by atoms with Crippen molar-refractivity contribution in [1.29, 1.82) is 0 Å². The lowest BCUT2D eigenvalue weighted by Gasteiger charge is -2.36. The van der Waals surface area contributed by atoms with Crippen molar-refractivity contribution in [1.82, 2.24) is 4.31 Å². The number of carbonyl (C=O) groups excluding carboxylic acids is 1. The van der Waals surface area contributed by atoms with Gasteiger partial charge < -0.3 is 4.43 Å². The van der Waals surface area contributed by atoms with Gasteiger partial charge in [-0.25, -0.2) is 8.42 Å². The summed E-state index contributed by atoms with van der Waals surface area (Å²) in [5.74, 6) is -0.162. The third kappa shape index (κ3) is 7.03. The molecule has 3 aromatic rings. The summed E-state index contributed by atoms with van der Waals surface area (Å²) >= 11 is 3.40. The van der Waals surface area contributed by atoms with Crippen LogP contribution >= 0.6 is 15.9 Å². The number of benzene rings is 3. The SMILES string of the molecule is CC(C)C[C@@H](C(=O)O[Si](CC(C)C)(c1ccccc1)c1ccccc1)N(C)S(=O)(=O)c1ccc(CBr)cc1. The van der Waals surface area contributed by atoms with E-state index in [0.717, 1.165) is 15.9 Å². The van der Waals surface area contributed by atoms with E-state index in [2.05, 4.69) is 29.8 Å². The van der Waals surface area contributed by atoms with Gasteiger partial charge in [-0.1, -0.05) is 116 Å². The van der Waals surface area contributed by atoms with Crippen molar-refractivity contribution < 1.29 is 17.6 Å². The number of carbonyl (C=O) groups is 1. The molecule has 1 atom stereocenters. The maximum atomic E-state index is 14.1. The molecular formula is C30H38BrNO4SSi. The average molecular weight is 617 g/mol. The van der Waals surface area contributed by atoms with Gasteiger partial charge >= 0.3 is 14.3 Å². The van der Waals surface area contributed by atoms with Gasteiger partial charge in [0.25, 0.3) is 0 Å². The molecule has 0 radical (unpaired) electrons. The molecule has 0 saturated carbocycles. The first kappa shape index (κ1) is 30.3. The van der Waals surface area contributed by atoms with Crippen LogP contribution in [-0.2, 0) is 24.6 Å². The summed E-state index contributed by atoms with van der Waals surface area (Å²) in [5, 5.41) is 2.62. The van der Waals surface area contributed by atoms with Crippen molar-refractivity contribution in [2.45, 2.75) is 56.4 Å². The van der Waals surface area contributed by atoms with Crippen molar-refractivity contribution in [2.24, 2.45) is 11.8 Å². The fourth-order valence-electron chi connectivity index (χ4n) is 4.72. The van der Waals surface area contributed by atoms with Crippen LogP contribution in [0.15, 0.2) is 89.8 Å². The van der Waals surface area contributed by atoms with Gasteiger partial charge in [0.2, 0.25) is 10.0 Å². The van der Waals surface area contributed by atoms with Gasteiger partial charge in [0.15, 0.2) is 0 Å². The fourth-order valence-corrected chi connectivity index (χ4v) is 10.6. The van der Waals surface area contributed by atoms with Crippen molar-refractivity contribution in [3.05, 3.63) is 90.5 Å². The Morgan fingerprint density at radius 3 is 1.76 bits per heavy atom. The Labute approximate surface area is 237 Å². The Kier molecular flexibility index (Phi) is 10.5. The molecule has 0 amide bonds. The molecule has 38 heavy (non-hydrogen) atoms. The molecule has 0 fully saturated rings. The molecule has 0 bridgehead atoms. The monoisotopic (exact) mass is 615 g/mol. The molecule has 0 unspecified atom stereocenters. The van der Waals surface area contributed by atoms with E-state index in [1.807, 2.05) is 74.5 Å². The van der Waals surface area contributed by atoms with E-state index in [1.54, 1.807) is 24.3 Å². The van der Waals surface area contributed by atoms with E-state index in [1.165, 1.54) is 11.4 Å². The molecule has 0 heterocycles. The van der Waals surface area contributed by atoms with Gasteiger partial charge in [-0.05, 0) is 52.4 Å². The van der Waals surface area contributed by atoms with Crippen LogP contribution < -0.4 is 10.4 Å². The Bertz CT molecular complexity index is 1240. The minimum atomic E-state index is -3.93. The van der Waals surface area contributed by atoms with Crippen molar-refractivity contribution in [3.8, 4) is 0 Å². The van der Waals surface area contributed by atoms with Crippen LogP contribution in [0.1, 0.15) is 39.7 Å². The van der Waals surface area contributed by atoms with Crippen LogP contribution in [0.4, 0.5) is 0 Å². The molecule has 3 aromatic carbocycles. The Hall–Kier alpha value is -2.26. The van der Waals surface area contributed by atoms with Gasteiger partial charge in [-0.15, -0.1) is 0 Å². The Morgan fingerprint density at radius 1 is 0.842 bits per heavy atom. The van der Waals surface area contributed by atoms with Crippen LogP contribution in [0.25, 0.3) is 0 Å². The fraction of sp³-hybridized carbons (Fsp3) is 0.367. The number of hydrogen-bond donors (Lipinski definition) is 0. The van der Waals surface area contributed by atoms with Gasteiger partial charge in [-0.3, -0.25) is 4.79 Å². The summed E-state index contributed by atoms with van der Waals surface area (Å²) in [6.07, 6.45) is 0.351. The van der Waals surface area contributed by atoms with E-state index in [4.69, 9.17) is 4.43 Å². The highest BCUT2D eigenvalue weighted by molar-refractivity contribution is 9.08. The molecule has 5 nitrogen and oxygen atoms in total. The molecule has 8 heteroatoms. The largest absolute Gasteiger partial charge is 0.509 e. The van der Waals surface area contributed by atoms with Gasteiger partial charge in [0.1, 0.15) is 6.04 Å². The lowest BCUT2D eigenvalue weighted by molar-refractivity contribution is -0.139. The van der Waals surface area contributed by atoms with Gasteiger partial charge in [0, 0.05) is 12.4 Å². The molecule has 204 valence electrons. The van der Waals surface area contributed by atoms with Crippen LogP contribution in [0, 0.1) is 11.8 Å². The molecule has 0 aliphatic carbocycles. The summed E-state index contributed by atoms with van der Waals surface area (Å²) in [5.41, 5.74) is 0.972. The van der Waals surface area contributed by atoms with E-state index in [9.17, 15) is 13.2 Å². The second kappa shape index (κ2) is 13.2. The number of hydrogen-bond acceptors (Lipinski definition) is 4. The van der Waals surface area contributed by atoms with E-state index >= 15 is 0 Å². The van der Waals surface area contributed by atoms with Crippen LogP contribution in [0.2, 0.25) is 6.04 Å². The van der Waals surface area contributed by atoms with Gasteiger partial charge in [0.05, 0.1) is 4.90 Å². The molecule has 0 N–H and O–H groups in total. The minimum Gasteiger partial charge on any atom is -0.509 e. The van der Waals surface area contributed by atoms with E-state index in [0.29, 0.717) is 17.8 Å². The molecular weight excluding hydrogens is 578 g/mol. The van der Waals surface area contributed by atoms with Crippen LogP contribution in [0.5, 0.6) is 0 Å². The van der Waals surface area contributed by atoms with Crippen LogP contribution in [0.3, 0.4) is 0 Å². The molecule has 0 saturated heterocycles. The number of nitrogens with zero attached hydrogens (tertiary/aromatic N) is 1. The first-order valence-electron chi connectivity index (χ1n) is 13.0. The third-order valence-corrected chi connectivity index (χ3v) is 13.6. The first-order chi connectivity index (χ1) is 18.0. The summed E-state index contributed by atoms with van der Waals surface area (Å²) in [7, 11) is -5.50. The Balaban J connectivity index is 2.08. The number of rotatable bonds is 12. The van der Waals surface area contributed by atoms with Crippen molar-refractivity contribution in [2.75, 3.05) is 7.05 Å². The number of likely N-dealkylation sites (N-methyl/N-ethyl adjacent to an activating group) is 1. The van der Waals surface area contributed by atoms with Crippen LogP contribution in [-0.4, -0.2) is 40.1 Å². The highest BCUT2D eigenvalue weighted by Crippen LogP contribution is 2.26. The molecule has 3 rings (SSSR count). The van der Waals surface area contributed by atoms with Crippen molar-refractivity contribution >= 4 is 50.6 Å². The second-order valence-corrected chi connectivity index (χ2v) is 16.5. The summed E-state index contributed by atoms with van der Waals surface area (Å²) in [6.45, 7) is 8.22. The minimum absolute atomic E-state index is 0.0792. The highest BCUT2D eigenvalue weighted by atomic mass is 79.9. The normalized spacial score (nSPS) is 13.2. The zero-order chi connectivity index (χ0) is 27.9. The predicted molar refractivity (Wildman–Crippen MR) is 161 cm³/mol. The molecule has 0 aliphatic rings. The zero-order valence-corrected chi connectivity index (χ0v) is 26.2. The Morgan fingerprint density at radius 2 is 1.34 bits per heavy atom. The van der Waals surface area contributed by atoms with Crippen molar-refractivity contribution in [3.63, 3.8) is 0 Å². The molecule has 0 spiro atoms. The smallest absolute Gasteiger partial charge is 0.318 e. The lowest BCUT2D eigenvalue weighted by atomic mass is 10.0. The number of sulfonamides is 1. The van der Waals surface area contributed by atoms with E-state index in [-0.39, 0.29) is 16.7 Å². The third-order valence-electron chi connectivity index (χ3n) is 6.61. The molecule has 0 aromatic heterocycles.